The van der Waals surface area contributed by atoms with Gasteiger partial charge in [0.05, 0.1) is 5.57 Å². The molecule has 1 aliphatic heterocycles. The van der Waals surface area contributed by atoms with Crippen molar-refractivity contribution in [2.75, 3.05) is 7.05 Å². The summed E-state index contributed by atoms with van der Waals surface area (Å²) in [5.41, 5.74) is 5.08. The van der Waals surface area contributed by atoms with Gasteiger partial charge in [-0.05, 0) is 12.8 Å². The maximum atomic E-state index is 13.6. The Morgan fingerprint density at radius 3 is 2.69 bits per heavy atom. The van der Waals surface area contributed by atoms with E-state index in [1.54, 1.807) is 17.1 Å². The van der Waals surface area contributed by atoms with Crippen molar-refractivity contribution in [2.24, 2.45) is 5.73 Å². The Kier molecular flexibility index (Phi) is 1.76. The predicted molar refractivity (Wildman–Crippen MR) is 44.8 cm³/mol. The topological polar surface area (TPSA) is 49.6 Å². The van der Waals surface area contributed by atoms with Crippen LogP contribution in [-0.2, 0) is 4.79 Å². The number of amides is 1. The lowest BCUT2D eigenvalue weighted by molar-refractivity contribution is -0.116. The number of rotatable bonds is 2. The number of hydrogen-bond donors (Lipinski definition) is 1. The fraction of sp³-hybridized carbons (Fsp3) is 0.625. The highest BCUT2D eigenvalue weighted by atomic mass is 19.1. The first kappa shape index (κ1) is 8.50. The highest BCUT2D eigenvalue weighted by molar-refractivity contribution is 5.93. The molecule has 1 heterocycles. The van der Waals surface area contributed by atoms with Gasteiger partial charge in [-0.1, -0.05) is 0 Å². The molecule has 0 saturated heterocycles. The van der Waals surface area contributed by atoms with E-state index in [4.69, 9.17) is 5.73 Å². The van der Waals surface area contributed by atoms with Crippen LogP contribution in [0.2, 0.25) is 0 Å². The molecule has 2 rings (SSSR count). The third kappa shape index (κ3) is 1.29. The van der Waals surface area contributed by atoms with Gasteiger partial charge in [0.1, 0.15) is 0 Å². The maximum absolute atomic E-state index is 13.6. The number of carbonyl (C=O) groups excluding carboxylic acids is 1. The van der Waals surface area contributed by atoms with E-state index in [-0.39, 0.29) is 11.6 Å². The first-order chi connectivity index (χ1) is 6.11. The van der Waals surface area contributed by atoms with Crippen LogP contribution < -0.4 is 5.73 Å². The Balaban J connectivity index is 2.16. The fourth-order valence-electron chi connectivity index (χ4n) is 1.59. The Hall–Kier alpha value is -1.10. The number of hydrogen-bond acceptors (Lipinski definition) is 3. The summed E-state index contributed by atoms with van der Waals surface area (Å²) in [5, 5.41) is 3.17. The number of nitrogens with two attached hydrogens (primary N) is 1. The molecule has 1 atom stereocenters. The Bertz CT molecular complexity index is 275. The lowest BCUT2D eigenvalue weighted by Crippen LogP contribution is -2.40. The second-order valence-electron chi connectivity index (χ2n) is 3.47. The number of halogens is 1. The van der Waals surface area contributed by atoms with Crippen molar-refractivity contribution < 1.29 is 9.18 Å². The molecule has 13 heavy (non-hydrogen) atoms. The monoisotopic (exact) mass is 185 g/mol. The van der Waals surface area contributed by atoms with Crippen LogP contribution in [0.5, 0.6) is 0 Å². The first-order valence-electron chi connectivity index (χ1n) is 4.28. The molecule has 5 heteroatoms. The number of hydrazine groups is 1. The molecule has 0 radical (unpaired) electrons. The van der Waals surface area contributed by atoms with Crippen molar-refractivity contribution in [1.82, 2.24) is 10.0 Å². The van der Waals surface area contributed by atoms with Gasteiger partial charge in [0, 0.05) is 19.3 Å². The number of carbonyl (C=O) groups is 1. The summed E-state index contributed by atoms with van der Waals surface area (Å²) in [6.07, 6.45) is 2.09. The van der Waals surface area contributed by atoms with Gasteiger partial charge in [-0.25, -0.2) is 4.39 Å². The third-order valence-electron chi connectivity index (χ3n) is 2.38. The zero-order chi connectivity index (χ0) is 9.59. The molecule has 2 aliphatic rings. The minimum atomic E-state index is -1.35. The van der Waals surface area contributed by atoms with E-state index in [9.17, 15) is 9.18 Å². The molecule has 0 bridgehead atoms. The summed E-state index contributed by atoms with van der Waals surface area (Å²) in [7, 11) is 1.72. The van der Waals surface area contributed by atoms with Gasteiger partial charge in [-0.15, -0.1) is 0 Å². The van der Waals surface area contributed by atoms with E-state index in [1.807, 2.05) is 0 Å². The van der Waals surface area contributed by atoms with E-state index in [2.05, 4.69) is 0 Å². The smallest absolute Gasteiger partial charge is 0.250 e. The SMILES string of the molecule is CN1C=C(C(N)=O)C(F)N1C1CC1. The van der Waals surface area contributed by atoms with Crippen LogP contribution in [0, 0.1) is 0 Å². The number of alkyl halides is 1. The van der Waals surface area contributed by atoms with Crippen LogP contribution in [0.4, 0.5) is 4.39 Å². The van der Waals surface area contributed by atoms with Crippen LogP contribution in [0.1, 0.15) is 12.8 Å². The Morgan fingerprint density at radius 1 is 1.69 bits per heavy atom. The van der Waals surface area contributed by atoms with Crippen LogP contribution in [0.15, 0.2) is 11.8 Å². The van der Waals surface area contributed by atoms with Crippen LogP contribution in [-0.4, -0.2) is 35.3 Å². The molecule has 72 valence electrons. The molecule has 0 aromatic heterocycles. The van der Waals surface area contributed by atoms with Crippen molar-refractivity contribution in [3.8, 4) is 0 Å². The zero-order valence-corrected chi connectivity index (χ0v) is 7.40. The van der Waals surface area contributed by atoms with Gasteiger partial charge in [0.15, 0.2) is 0 Å². The van der Waals surface area contributed by atoms with Crippen LogP contribution in [0.3, 0.4) is 0 Å². The fourth-order valence-corrected chi connectivity index (χ4v) is 1.59. The third-order valence-corrected chi connectivity index (χ3v) is 2.38. The van der Waals surface area contributed by atoms with Gasteiger partial charge < -0.3 is 10.7 Å². The van der Waals surface area contributed by atoms with Crippen molar-refractivity contribution >= 4 is 5.91 Å². The Morgan fingerprint density at radius 2 is 2.31 bits per heavy atom. The molecule has 4 nitrogen and oxygen atoms in total. The Labute approximate surface area is 75.7 Å². The quantitative estimate of drug-likeness (QED) is 0.615. The van der Waals surface area contributed by atoms with Crippen molar-refractivity contribution in [1.29, 1.82) is 0 Å². The van der Waals surface area contributed by atoms with Gasteiger partial charge in [0.2, 0.25) is 6.30 Å². The molecule has 0 aromatic carbocycles. The van der Waals surface area contributed by atoms with Crippen molar-refractivity contribution in [3.05, 3.63) is 11.8 Å². The second kappa shape index (κ2) is 2.70. The number of primary amides is 1. The van der Waals surface area contributed by atoms with Crippen molar-refractivity contribution in [3.63, 3.8) is 0 Å². The van der Waals surface area contributed by atoms with Gasteiger partial charge >= 0.3 is 0 Å². The van der Waals surface area contributed by atoms with Crippen molar-refractivity contribution in [2.45, 2.75) is 25.2 Å². The van der Waals surface area contributed by atoms with E-state index in [0.29, 0.717) is 0 Å². The summed E-state index contributed by atoms with van der Waals surface area (Å²) in [4.78, 5) is 10.8. The molecular formula is C8H12FN3O. The molecule has 1 fully saturated rings. The molecule has 1 aliphatic carbocycles. The van der Waals surface area contributed by atoms with Crippen LogP contribution in [0.25, 0.3) is 0 Å². The maximum Gasteiger partial charge on any atom is 0.250 e. The molecule has 0 aromatic rings. The van der Waals surface area contributed by atoms with E-state index >= 15 is 0 Å². The molecule has 1 amide bonds. The molecule has 0 spiro atoms. The summed E-state index contributed by atoms with van der Waals surface area (Å²) in [6.45, 7) is 0. The largest absolute Gasteiger partial charge is 0.366 e. The number of nitrogens with zero attached hydrogens (tertiary/aromatic N) is 2. The predicted octanol–water partition coefficient (Wildman–Crippen LogP) is -0.0240. The van der Waals surface area contributed by atoms with E-state index in [0.717, 1.165) is 12.8 Å². The summed E-state index contributed by atoms with van der Waals surface area (Å²) >= 11 is 0. The lowest BCUT2D eigenvalue weighted by atomic mass is 10.2. The summed E-state index contributed by atoms with van der Waals surface area (Å²) in [6, 6.07) is 0.244. The van der Waals surface area contributed by atoms with E-state index in [1.165, 1.54) is 6.20 Å². The first-order valence-corrected chi connectivity index (χ1v) is 4.28. The molecule has 1 unspecified atom stereocenters. The normalized spacial score (nSPS) is 29.2. The minimum Gasteiger partial charge on any atom is -0.366 e. The van der Waals surface area contributed by atoms with Gasteiger partial charge in [-0.3, -0.25) is 4.79 Å². The van der Waals surface area contributed by atoms with E-state index < -0.39 is 12.2 Å². The molecular weight excluding hydrogens is 173 g/mol. The van der Waals surface area contributed by atoms with Gasteiger partial charge in [0.25, 0.3) is 5.91 Å². The summed E-state index contributed by atoms with van der Waals surface area (Å²) in [5.74, 6) is -0.678. The average molecular weight is 185 g/mol. The lowest BCUT2D eigenvalue weighted by Gasteiger charge is -2.26. The highest BCUT2D eigenvalue weighted by Crippen LogP contribution is 2.35. The zero-order valence-electron chi connectivity index (χ0n) is 7.40. The second-order valence-corrected chi connectivity index (χ2v) is 3.47. The minimum absolute atomic E-state index is 0.0504. The van der Waals surface area contributed by atoms with Crippen LogP contribution >= 0.6 is 0 Å². The summed E-state index contributed by atoms with van der Waals surface area (Å²) < 4.78 is 13.6. The highest BCUT2D eigenvalue weighted by Gasteiger charge is 2.43. The molecule has 2 N–H and O–H groups in total. The average Bonchev–Trinajstić information content (AvgIpc) is 2.80. The molecule has 1 saturated carbocycles. The van der Waals surface area contributed by atoms with Gasteiger partial charge in [-0.2, -0.15) is 5.01 Å². The standard InChI is InChI=1S/C8H12FN3O/c1-11-4-6(8(10)13)7(9)12(11)5-2-3-5/h4-5,7H,2-3H2,1H3,(H2,10,13).